The van der Waals surface area contributed by atoms with Crippen LogP contribution in [0.4, 0.5) is 10.8 Å². The van der Waals surface area contributed by atoms with E-state index in [0.717, 1.165) is 21.3 Å². The van der Waals surface area contributed by atoms with Gasteiger partial charge in [-0.3, -0.25) is 14.8 Å². The second-order valence-electron chi connectivity index (χ2n) is 4.49. The number of hydrogen-bond acceptors (Lipinski definition) is 6. The van der Waals surface area contributed by atoms with Gasteiger partial charge in [0.1, 0.15) is 0 Å². The van der Waals surface area contributed by atoms with Crippen LogP contribution >= 0.6 is 27.3 Å². The van der Waals surface area contributed by atoms with E-state index in [9.17, 15) is 18.5 Å². The van der Waals surface area contributed by atoms with Crippen molar-refractivity contribution in [2.45, 2.75) is 4.90 Å². The van der Waals surface area contributed by atoms with E-state index in [2.05, 4.69) is 25.6 Å². The van der Waals surface area contributed by atoms with E-state index in [0.29, 0.717) is 5.52 Å². The first-order valence-corrected chi connectivity index (χ1v) is 9.28. The summed E-state index contributed by atoms with van der Waals surface area (Å²) in [5, 5.41) is 10.8. The zero-order valence-corrected chi connectivity index (χ0v) is 14.5. The van der Waals surface area contributed by atoms with Crippen LogP contribution in [-0.2, 0) is 10.0 Å². The van der Waals surface area contributed by atoms with Crippen LogP contribution in [0.1, 0.15) is 0 Å². The fourth-order valence-corrected chi connectivity index (χ4v) is 4.52. The molecule has 3 rings (SSSR count). The van der Waals surface area contributed by atoms with Crippen molar-refractivity contribution >= 4 is 58.3 Å². The van der Waals surface area contributed by atoms with E-state index in [1.54, 1.807) is 6.07 Å². The summed E-state index contributed by atoms with van der Waals surface area (Å²) in [7, 11) is -3.85. The molecule has 0 bridgehead atoms. The molecular weight excluding hydrogens is 406 g/mol. The van der Waals surface area contributed by atoms with Crippen molar-refractivity contribution in [2.24, 2.45) is 0 Å². The number of hydrogen-bond donors (Lipinski definition) is 1. The summed E-state index contributed by atoms with van der Waals surface area (Å²) in [6.45, 7) is 0. The van der Waals surface area contributed by atoms with Crippen LogP contribution in [0, 0.1) is 10.1 Å². The highest BCUT2D eigenvalue weighted by Crippen LogP contribution is 2.30. The average Bonchev–Trinajstić information content (AvgIpc) is 2.87. The van der Waals surface area contributed by atoms with Gasteiger partial charge in [0.05, 0.1) is 20.0 Å². The van der Waals surface area contributed by atoms with Crippen LogP contribution < -0.4 is 4.72 Å². The molecule has 3 aromatic rings. The number of fused-ring (bicyclic) bond motifs is 1. The van der Waals surface area contributed by atoms with Gasteiger partial charge in [0.2, 0.25) is 0 Å². The number of rotatable bonds is 4. The second-order valence-corrected chi connectivity index (χ2v) is 8.12. The minimum atomic E-state index is -3.85. The Balaban J connectivity index is 1.91. The fourth-order valence-electron chi connectivity index (χ4n) is 1.86. The summed E-state index contributed by atoms with van der Waals surface area (Å²) in [5.41, 5.74) is 0.508. The molecule has 1 aromatic heterocycles. The Morgan fingerprint density at radius 2 is 1.87 bits per heavy atom. The summed E-state index contributed by atoms with van der Waals surface area (Å²) >= 11 is 4.54. The molecule has 0 radical (unpaired) electrons. The van der Waals surface area contributed by atoms with Gasteiger partial charge in [0.25, 0.3) is 15.7 Å². The molecule has 23 heavy (non-hydrogen) atoms. The van der Waals surface area contributed by atoms with Crippen LogP contribution in [0.5, 0.6) is 0 Å². The van der Waals surface area contributed by atoms with Crippen molar-refractivity contribution in [3.8, 4) is 0 Å². The molecular formula is C13H8BrN3O4S2. The SMILES string of the molecule is O=[N+]([O-])c1ccc(S(=O)(=O)Nc2nc3ccc(Br)cc3s2)cc1. The minimum absolute atomic E-state index is 0.0662. The normalized spacial score (nSPS) is 11.5. The van der Waals surface area contributed by atoms with Gasteiger partial charge in [-0.2, -0.15) is 0 Å². The number of thiazole rings is 1. The van der Waals surface area contributed by atoms with Gasteiger partial charge in [-0.05, 0) is 30.3 Å². The second kappa shape index (κ2) is 5.87. The van der Waals surface area contributed by atoms with Gasteiger partial charge >= 0.3 is 0 Å². The van der Waals surface area contributed by atoms with Crippen molar-refractivity contribution < 1.29 is 13.3 Å². The number of aromatic nitrogens is 1. The molecule has 0 amide bonds. The van der Waals surface area contributed by atoms with E-state index in [1.165, 1.54) is 23.5 Å². The van der Waals surface area contributed by atoms with Crippen LogP contribution in [0.25, 0.3) is 10.2 Å². The lowest BCUT2D eigenvalue weighted by Gasteiger charge is -2.04. The molecule has 1 N–H and O–H groups in total. The first-order chi connectivity index (χ1) is 10.8. The molecule has 118 valence electrons. The number of nitrogens with one attached hydrogen (secondary N) is 1. The highest BCUT2D eigenvalue weighted by molar-refractivity contribution is 9.10. The maximum Gasteiger partial charge on any atom is 0.269 e. The van der Waals surface area contributed by atoms with Crippen LogP contribution in [0.15, 0.2) is 51.8 Å². The lowest BCUT2D eigenvalue weighted by Crippen LogP contribution is -2.12. The summed E-state index contributed by atoms with van der Waals surface area (Å²) in [5.74, 6) is 0. The highest BCUT2D eigenvalue weighted by Gasteiger charge is 2.18. The first kappa shape index (κ1) is 15.8. The van der Waals surface area contributed by atoms with E-state index in [1.807, 2.05) is 12.1 Å². The maximum absolute atomic E-state index is 12.3. The van der Waals surface area contributed by atoms with Gasteiger partial charge in [-0.1, -0.05) is 27.3 Å². The molecule has 0 aliphatic rings. The van der Waals surface area contributed by atoms with Crippen molar-refractivity contribution in [2.75, 3.05) is 4.72 Å². The van der Waals surface area contributed by atoms with E-state index < -0.39 is 14.9 Å². The standard InChI is InChI=1S/C13H8BrN3O4S2/c14-8-1-6-11-12(7-8)22-13(15-11)16-23(20,21)10-4-2-9(3-5-10)17(18)19/h1-7H,(H,15,16). The molecule has 0 saturated carbocycles. The molecule has 0 saturated heterocycles. The van der Waals surface area contributed by atoms with Gasteiger partial charge in [0, 0.05) is 16.6 Å². The van der Waals surface area contributed by atoms with Crippen molar-refractivity contribution in [3.05, 3.63) is 57.1 Å². The van der Waals surface area contributed by atoms with E-state index in [4.69, 9.17) is 0 Å². The van der Waals surface area contributed by atoms with E-state index >= 15 is 0 Å². The number of nitro benzene ring substituents is 1. The number of non-ortho nitro benzene ring substituents is 1. The number of nitrogens with zero attached hydrogens (tertiary/aromatic N) is 2. The Morgan fingerprint density at radius 1 is 1.17 bits per heavy atom. The fraction of sp³-hybridized carbons (Fsp3) is 0. The lowest BCUT2D eigenvalue weighted by molar-refractivity contribution is -0.384. The Labute approximate surface area is 143 Å². The maximum atomic E-state index is 12.3. The number of sulfonamides is 1. The quantitative estimate of drug-likeness (QED) is 0.517. The van der Waals surface area contributed by atoms with Crippen LogP contribution in [0.3, 0.4) is 0 Å². The third kappa shape index (κ3) is 3.33. The van der Waals surface area contributed by atoms with Crippen molar-refractivity contribution in [1.82, 2.24) is 4.98 Å². The predicted octanol–water partition coefficient (Wildman–Crippen LogP) is 3.77. The predicted molar refractivity (Wildman–Crippen MR) is 91.2 cm³/mol. The summed E-state index contributed by atoms with van der Waals surface area (Å²) in [6, 6.07) is 10.1. The minimum Gasteiger partial charge on any atom is -0.258 e. The lowest BCUT2D eigenvalue weighted by atomic mass is 10.3. The van der Waals surface area contributed by atoms with E-state index in [-0.39, 0.29) is 15.7 Å². The van der Waals surface area contributed by atoms with Gasteiger partial charge in [-0.15, -0.1) is 0 Å². The molecule has 0 aliphatic carbocycles. The van der Waals surface area contributed by atoms with Gasteiger partial charge in [-0.25, -0.2) is 13.4 Å². The molecule has 1 heterocycles. The third-order valence-corrected chi connectivity index (χ3v) is 5.84. The van der Waals surface area contributed by atoms with Gasteiger partial charge in [0.15, 0.2) is 5.13 Å². The zero-order valence-electron chi connectivity index (χ0n) is 11.3. The average molecular weight is 414 g/mol. The summed E-state index contributed by atoms with van der Waals surface area (Å²) in [4.78, 5) is 14.2. The number of nitro groups is 1. The van der Waals surface area contributed by atoms with Crippen LogP contribution in [0.2, 0.25) is 0 Å². The molecule has 0 spiro atoms. The molecule has 0 aliphatic heterocycles. The molecule has 7 nitrogen and oxygen atoms in total. The monoisotopic (exact) mass is 413 g/mol. The number of halogens is 1. The smallest absolute Gasteiger partial charge is 0.258 e. The highest BCUT2D eigenvalue weighted by atomic mass is 79.9. The Hall–Kier alpha value is -2.04. The summed E-state index contributed by atoms with van der Waals surface area (Å²) in [6.07, 6.45) is 0. The van der Waals surface area contributed by atoms with Crippen molar-refractivity contribution in [3.63, 3.8) is 0 Å². The largest absolute Gasteiger partial charge is 0.269 e. The van der Waals surface area contributed by atoms with Crippen molar-refractivity contribution in [1.29, 1.82) is 0 Å². The number of anilines is 1. The number of benzene rings is 2. The zero-order chi connectivity index (χ0) is 16.6. The van der Waals surface area contributed by atoms with Gasteiger partial charge < -0.3 is 0 Å². The Morgan fingerprint density at radius 3 is 2.52 bits per heavy atom. The Kier molecular flexibility index (Phi) is 4.04. The first-order valence-electron chi connectivity index (χ1n) is 6.18. The Bertz CT molecular complexity index is 1000. The molecule has 2 aromatic carbocycles. The third-order valence-electron chi connectivity index (χ3n) is 2.93. The molecule has 0 unspecified atom stereocenters. The molecule has 0 fully saturated rings. The molecule has 0 atom stereocenters. The topological polar surface area (TPSA) is 102 Å². The molecule has 10 heteroatoms. The van der Waals surface area contributed by atoms with Crippen LogP contribution in [-0.4, -0.2) is 18.3 Å². The summed E-state index contributed by atoms with van der Waals surface area (Å²) < 4.78 is 28.7.